The van der Waals surface area contributed by atoms with Gasteiger partial charge in [-0.05, 0) is 48.4 Å². The summed E-state index contributed by atoms with van der Waals surface area (Å²) < 4.78 is 28.4. The number of hydrogen-bond acceptors (Lipinski definition) is 4. The highest BCUT2D eigenvalue weighted by atomic mass is 32.2. The van der Waals surface area contributed by atoms with Gasteiger partial charge in [-0.15, -0.1) is 0 Å². The Kier molecular flexibility index (Phi) is 6.48. The van der Waals surface area contributed by atoms with E-state index in [1.54, 1.807) is 30.3 Å². The number of para-hydroxylation sites is 3. The summed E-state index contributed by atoms with van der Waals surface area (Å²) in [5, 5.41) is 10.6. The van der Waals surface area contributed by atoms with Crippen LogP contribution in [0, 0.1) is 0 Å². The fourth-order valence-corrected chi connectivity index (χ4v) is 3.12. The number of nitrogens with two attached hydrogens (primary N) is 1. The third-order valence-electron chi connectivity index (χ3n) is 4.06. The van der Waals surface area contributed by atoms with Gasteiger partial charge in [-0.3, -0.25) is 0 Å². The van der Waals surface area contributed by atoms with Gasteiger partial charge >= 0.3 is 6.03 Å². The molecule has 0 radical (unpaired) electrons. The van der Waals surface area contributed by atoms with Crippen molar-refractivity contribution in [2.24, 2.45) is 5.14 Å². The Morgan fingerprint density at radius 3 is 2.24 bits per heavy atom. The number of ether oxygens (including phenoxy) is 1. The van der Waals surface area contributed by atoms with E-state index in [0.717, 1.165) is 5.56 Å². The van der Waals surface area contributed by atoms with Crippen LogP contribution in [0.1, 0.15) is 5.56 Å². The maximum absolute atomic E-state index is 12.2. The average molecular weight is 411 g/mol. The molecule has 3 aromatic rings. The van der Waals surface area contributed by atoms with Crippen LogP contribution in [0.3, 0.4) is 0 Å². The van der Waals surface area contributed by atoms with E-state index in [1.807, 2.05) is 36.4 Å². The lowest BCUT2D eigenvalue weighted by Gasteiger charge is -2.13. The van der Waals surface area contributed by atoms with Crippen LogP contribution in [0.2, 0.25) is 0 Å². The van der Waals surface area contributed by atoms with Crippen LogP contribution in [-0.2, 0) is 16.4 Å². The molecule has 4 N–H and O–H groups in total. The second-order valence-electron chi connectivity index (χ2n) is 6.23. The average Bonchev–Trinajstić information content (AvgIpc) is 2.70. The first-order valence-electron chi connectivity index (χ1n) is 8.90. The van der Waals surface area contributed by atoms with Gasteiger partial charge in [0.05, 0.1) is 10.6 Å². The lowest BCUT2D eigenvalue weighted by Crippen LogP contribution is -2.30. The lowest BCUT2D eigenvalue weighted by molar-refractivity contribution is 0.252. The minimum Gasteiger partial charge on any atom is -0.455 e. The molecule has 0 saturated heterocycles. The second-order valence-corrected chi connectivity index (χ2v) is 7.79. The van der Waals surface area contributed by atoms with Gasteiger partial charge in [0.2, 0.25) is 10.0 Å². The predicted octanol–water partition coefficient (Wildman–Crippen LogP) is 3.49. The van der Waals surface area contributed by atoms with Crippen molar-refractivity contribution in [3.63, 3.8) is 0 Å². The summed E-state index contributed by atoms with van der Waals surface area (Å²) >= 11 is 0. The summed E-state index contributed by atoms with van der Waals surface area (Å²) in [7, 11) is -3.71. The molecular weight excluding hydrogens is 390 g/mol. The monoisotopic (exact) mass is 411 g/mol. The van der Waals surface area contributed by atoms with Crippen LogP contribution in [0.5, 0.6) is 11.5 Å². The molecule has 0 aliphatic heterocycles. The molecule has 3 rings (SSSR count). The maximum atomic E-state index is 12.2. The van der Waals surface area contributed by atoms with E-state index in [-0.39, 0.29) is 10.9 Å². The minimum atomic E-state index is -3.71. The number of carbonyl (C=O) groups excluding carboxylic acids is 1. The molecule has 0 unspecified atom stereocenters. The molecule has 0 saturated carbocycles. The molecule has 8 heteroatoms. The first-order valence-corrected chi connectivity index (χ1v) is 10.4. The second kappa shape index (κ2) is 9.22. The Bertz CT molecular complexity index is 1070. The van der Waals surface area contributed by atoms with E-state index in [4.69, 9.17) is 9.88 Å². The predicted molar refractivity (Wildman–Crippen MR) is 111 cm³/mol. The van der Waals surface area contributed by atoms with Crippen molar-refractivity contribution in [3.05, 3.63) is 84.4 Å². The first kappa shape index (κ1) is 20.4. The topological polar surface area (TPSA) is 111 Å². The molecule has 0 spiro atoms. The van der Waals surface area contributed by atoms with Gasteiger partial charge in [-0.1, -0.05) is 42.5 Å². The third kappa shape index (κ3) is 6.06. The molecule has 3 aromatic carbocycles. The van der Waals surface area contributed by atoms with Gasteiger partial charge in [-0.2, -0.15) is 0 Å². The van der Waals surface area contributed by atoms with E-state index in [0.29, 0.717) is 30.2 Å². The van der Waals surface area contributed by atoms with Gasteiger partial charge in [-0.25, -0.2) is 18.4 Å². The summed E-state index contributed by atoms with van der Waals surface area (Å²) in [6.45, 7) is 0.377. The smallest absolute Gasteiger partial charge is 0.319 e. The molecule has 0 aliphatic carbocycles. The number of amides is 2. The summed E-state index contributed by atoms with van der Waals surface area (Å²) in [4.78, 5) is 12.3. The van der Waals surface area contributed by atoms with E-state index < -0.39 is 10.0 Å². The Hall–Kier alpha value is -3.36. The first-order chi connectivity index (χ1) is 13.9. The molecule has 0 heterocycles. The SMILES string of the molecule is NS(=O)(=O)c1ccc(CCNC(=O)Nc2ccccc2Oc2ccccc2)cc1. The highest BCUT2D eigenvalue weighted by Crippen LogP contribution is 2.28. The van der Waals surface area contributed by atoms with Crippen molar-refractivity contribution in [2.75, 3.05) is 11.9 Å². The summed E-state index contributed by atoms with van der Waals surface area (Å²) in [6, 6.07) is 22.3. The zero-order chi connectivity index (χ0) is 20.7. The largest absolute Gasteiger partial charge is 0.455 e. The number of anilines is 1. The highest BCUT2D eigenvalue weighted by Gasteiger charge is 2.09. The van der Waals surface area contributed by atoms with Crippen molar-refractivity contribution >= 4 is 21.7 Å². The molecule has 150 valence electrons. The quantitative estimate of drug-likeness (QED) is 0.553. The van der Waals surface area contributed by atoms with E-state index in [9.17, 15) is 13.2 Å². The minimum absolute atomic E-state index is 0.0574. The number of nitrogens with one attached hydrogen (secondary N) is 2. The van der Waals surface area contributed by atoms with E-state index in [1.165, 1.54) is 12.1 Å². The molecule has 29 heavy (non-hydrogen) atoms. The standard InChI is InChI=1S/C21H21N3O4S/c22-29(26,27)18-12-10-16(11-13-18)14-15-23-21(25)24-19-8-4-5-9-20(19)28-17-6-2-1-3-7-17/h1-13H,14-15H2,(H2,22,26,27)(H2,23,24,25). The van der Waals surface area contributed by atoms with E-state index >= 15 is 0 Å². The Morgan fingerprint density at radius 2 is 1.55 bits per heavy atom. The Morgan fingerprint density at radius 1 is 0.897 bits per heavy atom. The van der Waals surface area contributed by atoms with Gasteiger partial charge in [0.15, 0.2) is 5.75 Å². The summed E-state index contributed by atoms with van der Waals surface area (Å²) in [5.74, 6) is 1.21. The maximum Gasteiger partial charge on any atom is 0.319 e. The molecule has 0 fully saturated rings. The van der Waals surface area contributed by atoms with Crippen LogP contribution >= 0.6 is 0 Å². The van der Waals surface area contributed by atoms with Gasteiger partial charge in [0.25, 0.3) is 0 Å². The molecule has 0 bridgehead atoms. The summed E-state index contributed by atoms with van der Waals surface area (Å²) in [5.41, 5.74) is 1.43. The van der Waals surface area contributed by atoms with Crippen LogP contribution in [0.25, 0.3) is 0 Å². The molecule has 2 amide bonds. The van der Waals surface area contributed by atoms with Crippen LogP contribution in [-0.4, -0.2) is 21.0 Å². The van der Waals surface area contributed by atoms with Crippen molar-refractivity contribution in [1.29, 1.82) is 0 Å². The molecule has 0 atom stereocenters. The Labute approximate surface area is 169 Å². The molecule has 7 nitrogen and oxygen atoms in total. The number of benzene rings is 3. The Balaban J connectivity index is 1.53. The molecule has 0 aromatic heterocycles. The fraction of sp³-hybridized carbons (Fsp3) is 0.0952. The third-order valence-corrected chi connectivity index (χ3v) is 4.99. The van der Waals surface area contributed by atoms with Crippen LogP contribution in [0.4, 0.5) is 10.5 Å². The normalized spacial score (nSPS) is 10.9. The van der Waals surface area contributed by atoms with E-state index in [2.05, 4.69) is 10.6 Å². The van der Waals surface area contributed by atoms with Crippen LogP contribution < -0.4 is 20.5 Å². The van der Waals surface area contributed by atoms with Crippen molar-refractivity contribution < 1.29 is 17.9 Å². The number of hydrogen-bond donors (Lipinski definition) is 3. The highest BCUT2D eigenvalue weighted by molar-refractivity contribution is 7.89. The van der Waals surface area contributed by atoms with Crippen molar-refractivity contribution in [1.82, 2.24) is 5.32 Å². The van der Waals surface area contributed by atoms with Crippen molar-refractivity contribution in [2.45, 2.75) is 11.3 Å². The van der Waals surface area contributed by atoms with Gasteiger partial charge in [0.1, 0.15) is 5.75 Å². The van der Waals surface area contributed by atoms with Gasteiger partial charge in [0, 0.05) is 6.54 Å². The zero-order valence-corrected chi connectivity index (χ0v) is 16.4. The van der Waals surface area contributed by atoms with Crippen molar-refractivity contribution in [3.8, 4) is 11.5 Å². The number of carbonyl (C=O) groups is 1. The zero-order valence-electron chi connectivity index (χ0n) is 15.5. The summed E-state index contributed by atoms with van der Waals surface area (Å²) in [6.07, 6.45) is 0.542. The number of urea groups is 1. The van der Waals surface area contributed by atoms with Crippen LogP contribution in [0.15, 0.2) is 83.8 Å². The number of primary sulfonamides is 1. The molecule has 0 aliphatic rings. The van der Waals surface area contributed by atoms with Gasteiger partial charge < -0.3 is 15.4 Å². The lowest BCUT2D eigenvalue weighted by atomic mass is 10.1. The molecular formula is C21H21N3O4S. The fourth-order valence-electron chi connectivity index (χ4n) is 2.61. The number of rotatable bonds is 7. The number of sulfonamides is 1.